The van der Waals surface area contributed by atoms with Crippen LogP contribution in [0.4, 0.5) is 5.69 Å². The average molecular weight is 429 g/mol. The van der Waals surface area contributed by atoms with Crippen LogP contribution in [0.3, 0.4) is 0 Å². The van der Waals surface area contributed by atoms with E-state index in [1.165, 1.54) is 11.1 Å². The Morgan fingerprint density at radius 1 is 1.03 bits per heavy atom. The molecule has 0 unspecified atom stereocenters. The van der Waals surface area contributed by atoms with Gasteiger partial charge in [0.05, 0.1) is 0 Å². The first-order valence-corrected chi connectivity index (χ1v) is 11.1. The Hall–Kier alpha value is -3.60. The Bertz CT molecular complexity index is 1190. The van der Waals surface area contributed by atoms with Crippen LogP contribution in [-0.4, -0.2) is 17.5 Å². The second-order valence-corrected chi connectivity index (χ2v) is 7.97. The highest BCUT2D eigenvalue weighted by atomic mass is 16.5. The summed E-state index contributed by atoms with van der Waals surface area (Å²) in [6.07, 6.45) is 2.05. The molecule has 0 aliphatic carbocycles. The van der Waals surface area contributed by atoms with Crippen molar-refractivity contribution in [3.05, 3.63) is 77.9 Å². The lowest BCUT2D eigenvalue weighted by molar-refractivity contribution is -0.118. The number of fused-ring (bicyclic) bond motifs is 1. The predicted octanol–water partition coefficient (Wildman–Crippen LogP) is 6.59. The fraction of sp³-hybridized carbons (Fsp3) is 0.259. The molecule has 164 valence electrons. The van der Waals surface area contributed by atoms with Gasteiger partial charge in [-0.2, -0.15) is 0 Å². The van der Waals surface area contributed by atoms with Gasteiger partial charge < -0.3 is 14.5 Å². The first kappa shape index (κ1) is 21.6. The highest BCUT2D eigenvalue weighted by Crippen LogP contribution is 2.26. The number of aryl methyl sites for hydroxylation is 1. The van der Waals surface area contributed by atoms with Crippen molar-refractivity contribution in [1.82, 2.24) is 4.98 Å². The van der Waals surface area contributed by atoms with E-state index in [1.54, 1.807) is 0 Å². The second-order valence-electron chi connectivity index (χ2n) is 7.97. The van der Waals surface area contributed by atoms with Crippen LogP contribution in [0.5, 0.6) is 5.75 Å². The molecule has 1 heterocycles. The number of hydrogen-bond acceptors (Lipinski definition) is 4. The molecule has 0 fully saturated rings. The van der Waals surface area contributed by atoms with Gasteiger partial charge >= 0.3 is 0 Å². The van der Waals surface area contributed by atoms with Crippen LogP contribution < -0.4 is 10.1 Å². The third-order valence-corrected chi connectivity index (χ3v) is 5.71. The number of carbonyl (C=O) groups is 1. The van der Waals surface area contributed by atoms with E-state index in [4.69, 9.17) is 9.15 Å². The molecule has 3 aromatic carbocycles. The first-order chi connectivity index (χ1) is 15.6. The SMILES string of the molecule is CCc1ccc2oc(-c3ccc(NC(=O)COc4ccc([C@H](C)CC)cc4)cc3)nc2c1. The molecule has 5 heteroatoms. The van der Waals surface area contributed by atoms with Crippen molar-refractivity contribution in [3.63, 3.8) is 0 Å². The highest BCUT2D eigenvalue weighted by Gasteiger charge is 2.10. The summed E-state index contributed by atoms with van der Waals surface area (Å²) in [4.78, 5) is 16.9. The van der Waals surface area contributed by atoms with E-state index in [0.717, 1.165) is 29.5 Å². The van der Waals surface area contributed by atoms with Crippen molar-refractivity contribution in [1.29, 1.82) is 0 Å². The minimum Gasteiger partial charge on any atom is -0.484 e. The Labute approximate surface area is 188 Å². The van der Waals surface area contributed by atoms with Gasteiger partial charge in [0.25, 0.3) is 5.91 Å². The van der Waals surface area contributed by atoms with Crippen LogP contribution >= 0.6 is 0 Å². The fourth-order valence-electron chi connectivity index (χ4n) is 3.49. The summed E-state index contributed by atoms with van der Waals surface area (Å²) >= 11 is 0. The summed E-state index contributed by atoms with van der Waals surface area (Å²) in [6, 6.07) is 21.4. The summed E-state index contributed by atoms with van der Waals surface area (Å²) in [5.41, 5.74) is 5.67. The van der Waals surface area contributed by atoms with E-state index in [9.17, 15) is 4.79 Å². The minimum absolute atomic E-state index is 0.0463. The molecule has 0 spiro atoms. The zero-order chi connectivity index (χ0) is 22.5. The van der Waals surface area contributed by atoms with E-state index >= 15 is 0 Å². The van der Waals surface area contributed by atoms with Crippen LogP contribution in [0.15, 0.2) is 71.1 Å². The quantitative estimate of drug-likeness (QED) is 0.344. The van der Waals surface area contributed by atoms with Crippen LogP contribution in [0.25, 0.3) is 22.6 Å². The molecule has 0 saturated heterocycles. The van der Waals surface area contributed by atoms with Crippen LogP contribution in [-0.2, 0) is 11.2 Å². The lowest BCUT2D eigenvalue weighted by Gasteiger charge is -2.11. The fourth-order valence-corrected chi connectivity index (χ4v) is 3.49. The summed E-state index contributed by atoms with van der Waals surface area (Å²) in [5.74, 6) is 1.55. The molecule has 32 heavy (non-hydrogen) atoms. The molecular formula is C27H28N2O3. The molecule has 0 radical (unpaired) electrons. The number of ether oxygens (including phenoxy) is 1. The van der Waals surface area contributed by atoms with Crippen molar-refractivity contribution in [2.75, 3.05) is 11.9 Å². The maximum Gasteiger partial charge on any atom is 0.262 e. The predicted molar refractivity (Wildman–Crippen MR) is 128 cm³/mol. The Balaban J connectivity index is 1.34. The van der Waals surface area contributed by atoms with Gasteiger partial charge in [-0.1, -0.05) is 39.0 Å². The number of oxazole rings is 1. The lowest BCUT2D eigenvalue weighted by atomic mass is 9.99. The zero-order valence-electron chi connectivity index (χ0n) is 18.7. The topological polar surface area (TPSA) is 64.4 Å². The Morgan fingerprint density at radius 3 is 2.47 bits per heavy atom. The summed E-state index contributed by atoms with van der Waals surface area (Å²) < 4.78 is 11.5. The van der Waals surface area contributed by atoms with Crippen molar-refractivity contribution in [2.24, 2.45) is 0 Å². The van der Waals surface area contributed by atoms with Gasteiger partial charge in [-0.3, -0.25) is 4.79 Å². The average Bonchev–Trinajstić information content (AvgIpc) is 3.26. The molecule has 4 rings (SSSR count). The maximum absolute atomic E-state index is 12.3. The number of rotatable bonds is 8. The van der Waals surface area contributed by atoms with E-state index in [-0.39, 0.29) is 12.5 Å². The summed E-state index contributed by atoms with van der Waals surface area (Å²) in [6.45, 7) is 6.43. The second kappa shape index (κ2) is 9.69. The van der Waals surface area contributed by atoms with Gasteiger partial charge in [0.2, 0.25) is 5.89 Å². The van der Waals surface area contributed by atoms with Gasteiger partial charge in [-0.15, -0.1) is 0 Å². The molecule has 0 aliphatic rings. The molecule has 1 atom stereocenters. The van der Waals surface area contributed by atoms with E-state index in [1.807, 2.05) is 42.5 Å². The monoisotopic (exact) mass is 428 g/mol. The zero-order valence-corrected chi connectivity index (χ0v) is 18.7. The van der Waals surface area contributed by atoms with Crippen LogP contribution in [0, 0.1) is 0 Å². The van der Waals surface area contributed by atoms with Gasteiger partial charge in [0.15, 0.2) is 12.2 Å². The summed E-state index contributed by atoms with van der Waals surface area (Å²) in [5, 5.41) is 2.86. The van der Waals surface area contributed by atoms with Crippen molar-refractivity contribution in [3.8, 4) is 17.2 Å². The van der Waals surface area contributed by atoms with Crippen molar-refractivity contribution >= 4 is 22.7 Å². The van der Waals surface area contributed by atoms with Crippen LogP contribution in [0.2, 0.25) is 0 Å². The van der Waals surface area contributed by atoms with Gasteiger partial charge in [-0.05, 0) is 78.4 Å². The third kappa shape index (κ3) is 4.99. The first-order valence-electron chi connectivity index (χ1n) is 11.1. The smallest absolute Gasteiger partial charge is 0.262 e. The molecule has 0 saturated carbocycles. The number of carbonyl (C=O) groups excluding carboxylic acids is 1. The third-order valence-electron chi connectivity index (χ3n) is 5.71. The number of hydrogen-bond donors (Lipinski definition) is 1. The summed E-state index contributed by atoms with van der Waals surface area (Å²) in [7, 11) is 0. The highest BCUT2D eigenvalue weighted by molar-refractivity contribution is 5.92. The number of benzene rings is 3. The van der Waals surface area contributed by atoms with E-state index in [0.29, 0.717) is 23.2 Å². The maximum atomic E-state index is 12.3. The molecule has 5 nitrogen and oxygen atoms in total. The van der Waals surface area contributed by atoms with Gasteiger partial charge in [0, 0.05) is 11.3 Å². The normalized spacial score (nSPS) is 12.0. The lowest BCUT2D eigenvalue weighted by Crippen LogP contribution is -2.20. The van der Waals surface area contributed by atoms with E-state index in [2.05, 4.69) is 55.3 Å². The Kier molecular flexibility index (Phi) is 6.55. The molecule has 4 aromatic rings. The minimum atomic E-state index is -0.210. The number of nitrogens with one attached hydrogen (secondary N) is 1. The van der Waals surface area contributed by atoms with Gasteiger partial charge in [-0.25, -0.2) is 4.98 Å². The molecule has 0 aliphatic heterocycles. The van der Waals surface area contributed by atoms with Crippen LogP contribution in [0.1, 0.15) is 44.2 Å². The molecule has 1 amide bonds. The molecule has 1 N–H and O–H groups in total. The van der Waals surface area contributed by atoms with Gasteiger partial charge in [0.1, 0.15) is 11.3 Å². The molecule has 1 aromatic heterocycles. The molecular weight excluding hydrogens is 400 g/mol. The van der Waals surface area contributed by atoms with Crippen molar-refractivity contribution in [2.45, 2.75) is 39.5 Å². The Morgan fingerprint density at radius 2 is 1.78 bits per heavy atom. The largest absolute Gasteiger partial charge is 0.484 e. The number of anilines is 1. The standard InChI is InChI=1S/C27H28N2O3/c1-4-18(3)20-9-13-23(14-10-20)31-17-26(30)28-22-11-7-21(8-12-22)27-29-24-16-19(5-2)6-15-25(24)32-27/h6-16,18H,4-5,17H2,1-3H3,(H,28,30)/t18-/m1/s1. The number of aromatic nitrogens is 1. The van der Waals surface area contributed by atoms with E-state index < -0.39 is 0 Å². The van der Waals surface area contributed by atoms with Crippen molar-refractivity contribution < 1.29 is 13.9 Å². The molecule has 0 bridgehead atoms. The number of nitrogens with zero attached hydrogens (tertiary/aromatic N) is 1. The number of amides is 1.